The first-order valence-electron chi connectivity index (χ1n) is 4.25. The molecular formula is C11H10ClF2O. The molecular weight excluding hydrogens is 222 g/mol. The van der Waals surface area contributed by atoms with Gasteiger partial charge in [-0.3, -0.25) is 0 Å². The summed E-state index contributed by atoms with van der Waals surface area (Å²) in [5.41, 5.74) is 0.526. The fraction of sp³-hybridized carbons (Fsp3) is 0.182. The molecule has 1 nitrogen and oxygen atoms in total. The van der Waals surface area contributed by atoms with Crippen molar-refractivity contribution >= 4 is 11.6 Å². The molecule has 15 heavy (non-hydrogen) atoms. The Morgan fingerprint density at radius 3 is 2.73 bits per heavy atom. The fourth-order valence-corrected chi connectivity index (χ4v) is 1.29. The van der Waals surface area contributed by atoms with Crippen LogP contribution in [0.5, 0.6) is 5.75 Å². The van der Waals surface area contributed by atoms with Gasteiger partial charge in [0.15, 0.2) is 0 Å². The van der Waals surface area contributed by atoms with E-state index in [4.69, 9.17) is 11.6 Å². The smallest absolute Gasteiger partial charge is 0.387 e. The number of hydrogen-bond acceptors (Lipinski definition) is 1. The van der Waals surface area contributed by atoms with E-state index in [2.05, 4.69) is 11.3 Å². The molecule has 0 heterocycles. The number of allylic oxidation sites excluding steroid dienone is 1. The third-order valence-electron chi connectivity index (χ3n) is 1.89. The lowest BCUT2D eigenvalue weighted by molar-refractivity contribution is -0.0502. The van der Waals surface area contributed by atoms with Crippen molar-refractivity contribution in [2.24, 2.45) is 0 Å². The van der Waals surface area contributed by atoms with Crippen LogP contribution < -0.4 is 4.74 Å². The minimum atomic E-state index is -2.84. The zero-order chi connectivity index (χ0) is 11.4. The maximum Gasteiger partial charge on any atom is 0.387 e. The molecule has 0 saturated heterocycles. The molecule has 1 rings (SSSR count). The van der Waals surface area contributed by atoms with Crippen molar-refractivity contribution in [2.75, 3.05) is 0 Å². The lowest BCUT2D eigenvalue weighted by Gasteiger charge is -2.13. The van der Waals surface area contributed by atoms with Crippen LogP contribution in [0.2, 0.25) is 5.02 Å². The first kappa shape index (κ1) is 12.0. The van der Waals surface area contributed by atoms with Gasteiger partial charge in [0.25, 0.3) is 0 Å². The molecule has 0 aliphatic heterocycles. The van der Waals surface area contributed by atoms with Gasteiger partial charge in [-0.2, -0.15) is 8.78 Å². The molecule has 0 aliphatic rings. The minimum Gasteiger partial charge on any atom is -0.435 e. The fourth-order valence-electron chi connectivity index (χ4n) is 1.12. The topological polar surface area (TPSA) is 9.23 Å². The molecule has 0 atom stereocenters. The van der Waals surface area contributed by atoms with E-state index in [1.807, 2.05) is 0 Å². The highest BCUT2D eigenvalue weighted by Gasteiger charge is 2.13. The van der Waals surface area contributed by atoms with E-state index in [1.165, 1.54) is 12.1 Å². The Balaban J connectivity index is 3.08. The van der Waals surface area contributed by atoms with Crippen LogP contribution in [0.15, 0.2) is 30.9 Å². The van der Waals surface area contributed by atoms with Crippen molar-refractivity contribution in [3.63, 3.8) is 0 Å². The molecule has 0 N–H and O–H groups in total. The lowest BCUT2D eigenvalue weighted by Crippen LogP contribution is -2.05. The van der Waals surface area contributed by atoms with Crippen LogP contribution in [0.1, 0.15) is 12.5 Å². The van der Waals surface area contributed by atoms with Gasteiger partial charge in [-0.25, -0.2) is 0 Å². The first-order valence-corrected chi connectivity index (χ1v) is 4.63. The van der Waals surface area contributed by atoms with Gasteiger partial charge >= 0.3 is 6.61 Å². The third kappa shape index (κ3) is 3.20. The van der Waals surface area contributed by atoms with Gasteiger partial charge in [0.05, 0.1) is 0 Å². The van der Waals surface area contributed by atoms with Crippen LogP contribution in [0.4, 0.5) is 8.78 Å². The summed E-state index contributed by atoms with van der Waals surface area (Å²) >= 11 is 5.76. The van der Waals surface area contributed by atoms with Gasteiger partial charge in [0.2, 0.25) is 0 Å². The predicted octanol–water partition coefficient (Wildman–Crippen LogP) is 4.07. The van der Waals surface area contributed by atoms with Crippen LogP contribution in [0, 0.1) is 5.92 Å². The van der Waals surface area contributed by atoms with Crippen molar-refractivity contribution in [1.29, 1.82) is 0 Å². The van der Waals surface area contributed by atoms with Gasteiger partial charge in [-0.1, -0.05) is 24.6 Å². The maximum atomic E-state index is 12.1. The zero-order valence-electron chi connectivity index (χ0n) is 8.14. The third-order valence-corrected chi connectivity index (χ3v) is 2.12. The average Bonchev–Trinajstić information content (AvgIpc) is 2.19. The second kappa shape index (κ2) is 5.12. The molecule has 0 saturated carbocycles. The van der Waals surface area contributed by atoms with E-state index in [1.54, 1.807) is 19.1 Å². The Hall–Kier alpha value is -1.09. The summed E-state index contributed by atoms with van der Waals surface area (Å²) in [6, 6.07) is 4.48. The normalized spacial score (nSPS) is 10.8. The summed E-state index contributed by atoms with van der Waals surface area (Å²) in [5, 5.41) is 0.466. The van der Waals surface area contributed by atoms with Gasteiger partial charge in [-0.15, -0.1) is 6.58 Å². The molecule has 1 aromatic rings. The van der Waals surface area contributed by atoms with Gasteiger partial charge < -0.3 is 4.74 Å². The Morgan fingerprint density at radius 1 is 1.53 bits per heavy atom. The van der Waals surface area contributed by atoms with Crippen LogP contribution >= 0.6 is 11.6 Å². The zero-order valence-corrected chi connectivity index (χ0v) is 8.89. The van der Waals surface area contributed by atoms with E-state index in [-0.39, 0.29) is 5.75 Å². The highest BCUT2D eigenvalue weighted by molar-refractivity contribution is 6.30. The SMILES string of the molecule is C=C[C](C)c1cc(Cl)ccc1OC(F)F. The largest absolute Gasteiger partial charge is 0.435 e. The van der Waals surface area contributed by atoms with Crippen LogP contribution in [0.25, 0.3) is 0 Å². The number of alkyl halides is 2. The average molecular weight is 232 g/mol. The van der Waals surface area contributed by atoms with E-state index < -0.39 is 6.61 Å². The monoisotopic (exact) mass is 231 g/mol. The van der Waals surface area contributed by atoms with Crippen molar-refractivity contribution in [1.82, 2.24) is 0 Å². The molecule has 0 aromatic heterocycles. The minimum absolute atomic E-state index is 0.104. The van der Waals surface area contributed by atoms with Crippen molar-refractivity contribution in [3.8, 4) is 5.75 Å². The number of rotatable bonds is 4. The lowest BCUT2D eigenvalue weighted by atomic mass is 10.0. The summed E-state index contributed by atoms with van der Waals surface area (Å²) in [4.78, 5) is 0. The summed E-state index contributed by atoms with van der Waals surface area (Å²) in [6.45, 7) is 2.47. The summed E-state index contributed by atoms with van der Waals surface area (Å²) in [5.74, 6) is 0.833. The predicted molar refractivity (Wildman–Crippen MR) is 56.3 cm³/mol. The second-order valence-corrected chi connectivity index (χ2v) is 3.34. The Kier molecular flexibility index (Phi) is 4.09. The molecule has 0 aliphatic carbocycles. The quantitative estimate of drug-likeness (QED) is 0.759. The van der Waals surface area contributed by atoms with E-state index in [9.17, 15) is 8.78 Å². The molecule has 0 bridgehead atoms. The maximum absolute atomic E-state index is 12.1. The van der Waals surface area contributed by atoms with E-state index in [0.717, 1.165) is 5.92 Å². The van der Waals surface area contributed by atoms with Gasteiger partial charge in [0, 0.05) is 16.5 Å². The molecule has 1 aromatic carbocycles. The number of benzene rings is 1. The van der Waals surface area contributed by atoms with Crippen LogP contribution in [-0.4, -0.2) is 6.61 Å². The standard InChI is InChI=1S/C11H10ClF2O/c1-3-7(2)9-6-8(12)4-5-10(9)15-11(13)14/h3-6,11H,1H2,2H3. The van der Waals surface area contributed by atoms with Gasteiger partial charge in [0.1, 0.15) is 5.75 Å². The van der Waals surface area contributed by atoms with Crippen molar-refractivity contribution in [2.45, 2.75) is 13.5 Å². The number of hydrogen-bond donors (Lipinski definition) is 0. The molecule has 4 heteroatoms. The molecule has 1 radical (unpaired) electrons. The van der Waals surface area contributed by atoms with Crippen LogP contribution in [-0.2, 0) is 0 Å². The Morgan fingerprint density at radius 2 is 2.20 bits per heavy atom. The van der Waals surface area contributed by atoms with E-state index >= 15 is 0 Å². The molecule has 0 unspecified atom stereocenters. The molecule has 0 amide bonds. The van der Waals surface area contributed by atoms with E-state index in [0.29, 0.717) is 10.6 Å². The number of ether oxygens (including phenoxy) is 1. The Labute approximate surface area is 92.3 Å². The Bertz CT molecular complexity index is 352. The molecule has 81 valence electrons. The second-order valence-electron chi connectivity index (χ2n) is 2.91. The van der Waals surface area contributed by atoms with Crippen molar-refractivity contribution in [3.05, 3.63) is 47.4 Å². The van der Waals surface area contributed by atoms with Crippen molar-refractivity contribution < 1.29 is 13.5 Å². The highest BCUT2D eigenvalue weighted by atomic mass is 35.5. The summed E-state index contributed by atoms with van der Waals surface area (Å²) in [7, 11) is 0. The number of halogens is 3. The summed E-state index contributed by atoms with van der Waals surface area (Å²) in [6.07, 6.45) is 1.56. The highest BCUT2D eigenvalue weighted by Crippen LogP contribution is 2.30. The summed E-state index contributed by atoms with van der Waals surface area (Å²) < 4.78 is 28.5. The van der Waals surface area contributed by atoms with Crippen LogP contribution in [0.3, 0.4) is 0 Å². The molecule has 0 fully saturated rings. The first-order chi connectivity index (χ1) is 7.04. The van der Waals surface area contributed by atoms with Gasteiger partial charge in [-0.05, 0) is 18.2 Å². The molecule has 0 spiro atoms.